The van der Waals surface area contributed by atoms with E-state index in [9.17, 15) is 22.8 Å². The van der Waals surface area contributed by atoms with Crippen LogP contribution in [0.5, 0.6) is 0 Å². The van der Waals surface area contributed by atoms with E-state index in [1.54, 1.807) is 0 Å². The molecule has 0 aliphatic carbocycles. The van der Waals surface area contributed by atoms with Gasteiger partial charge in [-0.2, -0.15) is 13.2 Å². The van der Waals surface area contributed by atoms with Gasteiger partial charge in [-0.25, -0.2) is 0 Å². The lowest BCUT2D eigenvalue weighted by atomic mass is 10.1. The number of carbonyl (C=O) groups excluding carboxylic acids is 2. The summed E-state index contributed by atoms with van der Waals surface area (Å²) < 4.78 is 37.9. The van der Waals surface area contributed by atoms with Crippen molar-refractivity contribution in [3.8, 4) is 0 Å². The number of hydrogen-bond donors (Lipinski definition) is 1. The molecule has 1 aliphatic rings. The van der Waals surface area contributed by atoms with Crippen molar-refractivity contribution in [2.45, 2.75) is 18.5 Å². The fourth-order valence-electron chi connectivity index (χ4n) is 1.88. The molecule has 20 heavy (non-hydrogen) atoms. The molecule has 108 valence electrons. The van der Waals surface area contributed by atoms with Gasteiger partial charge in [-0.1, -0.05) is 0 Å². The SMILES string of the molecule is C[C@@H](Cl)C(=O)N1CC(=O)Nc2cc(C(F)(F)F)ccc21. The lowest BCUT2D eigenvalue weighted by Gasteiger charge is -2.30. The van der Waals surface area contributed by atoms with Crippen molar-refractivity contribution < 1.29 is 22.8 Å². The number of nitrogens with one attached hydrogen (secondary N) is 1. The van der Waals surface area contributed by atoms with Crippen molar-refractivity contribution in [1.82, 2.24) is 0 Å². The summed E-state index contributed by atoms with van der Waals surface area (Å²) in [7, 11) is 0. The first-order valence-corrected chi connectivity index (χ1v) is 6.10. The highest BCUT2D eigenvalue weighted by atomic mass is 35.5. The molecule has 2 rings (SSSR count). The first-order chi connectivity index (χ1) is 9.20. The minimum atomic E-state index is -4.52. The Kier molecular flexibility index (Phi) is 3.64. The number of amides is 2. The lowest BCUT2D eigenvalue weighted by molar-refractivity contribution is -0.137. The molecular weight excluding hydrogens is 297 g/mol. The van der Waals surface area contributed by atoms with Gasteiger partial charge in [0.15, 0.2) is 0 Å². The van der Waals surface area contributed by atoms with E-state index in [1.165, 1.54) is 6.92 Å². The molecule has 0 saturated heterocycles. The Morgan fingerprint density at radius 1 is 1.45 bits per heavy atom. The number of halogens is 4. The zero-order valence-corrected chi connectivity index (χ0v) is 11.0. The quantitative estimate of drug-likeness (QED) is 0.811. The van der Waals surface area contributed by atoms with Crippen LogP contribution < -0.4 is 10.2 Å². The molecule has 1 N–H and O–H groups in total. The summed E-state index contributed by atoms with van der Waals surface area (Å²) in [4.78, 5) is 24.5. The van der Waals surface area contributed by atoms with E-state index in [0.717, 1.165) is 23.1 Å². The summed E-state index contributed by atoms with van der Waals surface area (Å²) in [5, 5.41) is 1.44. The van der Waals surface area contributed by atoms with Crippen LogP contribution in [0.25, 0.3) is 0 Å². The van der Waals surface area contributed by atoms with Crippen molar-refractivity contribution in [1.29, 1.82) is 0 Å². The van der Waals surface area contributed by atoms with Crippen LogP contribution in [-0.2, 0) is 15.8 Å². The molecule has 1 atom stereocenters. The highest BCUT2D eigenvalue weighted by Crippen LogP contribution is 2.37. The van der Waals surface area contributed by atoms with Crippen molar-refractivity contribution in [2.75, 3.05) is 16.8 Å². The summed E-state index contributed by atoms with van der Waals surface area (Å²) >= 11 is 5.68. The normalized spacial score (nSPS) is 16.4. The lowest BCUT2D eigenvalue weighted by Crippen LogP contribution is -2.44. The van der Waals surface area contributed by atoms with Crippen LogP contribution in [-0.4, -0.2) is 23.7 Å². The van der Waals surface area contributed by atoms with Crippen LogP contribution in [0.4, 0.5) is 24.5 Å². The van der Waals surface area contributed by atoms with Gasteiger partial charge in [0.05, 0.1) is 16.9 Å². The van der Waals surface area contributed by atoms with E-state index in [0.29, 0.717) is 0 Å². The smallest absolute Gasteiger partial charge is 0.323 e. The first-order valence-electron chi connectivity index (χ1n) is 5.66. The monoisotopic (exact) mass is 306 g/mol. The molecule has 1 aromatic carbocycles. The van der Waals surface area contributed by atoms with E-state index in [2.05, 4.69) is 5.32 Å². The van der Waals surface area contributed by atoms with E-state index in [1.807, 2.05) is 0 Å². The largest absolute Gasteiger partial charge is 0.416 e. The Balaban J connectivity index is 2.47. The Hall–Kier alpha value is -1.76. The van der Waals surface area contributed by atoms with E-state index in [4.69, 9.17) is 11.6 Å². The highest BCUT2D eigenvalue weighted by molar-refractivity contribution is 6.33. The maximum atomic E-state index is 12.6. The molecule has 2 amide bonds. The maximum absolute atomic E-state index is 12.6. The van der Waals surface area contributed by atoms with Gasteiger partial charge in [0.25, 0.3) is 0 Å². The van der Waals surface area contributed by atoms with Crippen LogP contribution in [0.1, 0.15) is 12.5 Å². The zero-order chi connectivity index (χ0) is 15.1. The van der Waals surface area contributed by atoms with Gasteiger partial charge >= 0.3 is 6.18 Å². The standard InChI is InChI=1S/C12H10ClF3N2O2/c1-6(13)11(20)18-5-10(19)17-8-4-7(12(14,15)16)2-3-9(8)18/h2-4,6H,5H2,1H3,(H,17,19)/t6-/m1/s1. The molecule has 0 fully saturated rings. The second-order valence-electron chi connectivity index (χ2n) is 4.32. The molecule has 1 aromatic rings. The maximum Gasteiger partial charge on any atom is 0.416 e. The van der Waals surface area contributed by atoms with E-state index in [-0.39, 0.29) is 17.9 Å². The summed E-state index contributed by atoms with van der Waals surface area (Å²) in [5.41, 5.74) is -0.749. The minimum absolute atomic E-state index is 0.0539. The predicted octanol–water partition coefficient (Wildman–Crippen LogP) is 2.62. The Bertz CT molecular complexity index is 572. The van der Waals surface area contributed by atoms with Crippen LogP contribution in [0.2, 0.25) is 0 Å². The van der Waals surface area contributed by atoms with E-state index >= 15 is 0 Å². The summed E-state index contributed by atoms with van der Waals surface area (Å²) in [6.07, 6.45) is -4.52. The molecule has 0 bridgehead atoms. The van der Waals surface area contributed by atoms with Gasteiger partial charge < -0.3 is 5.32 Å². The molecular formula is C12H10ClF3N2O2. The molecule has 0 aromatic heterocycles. The molecule has 0 spiro atoms. The summed E-state index contributed by atoms with van der Waals surface area (Å²) in [5.74, 6) is -1.11. The predicted molar refractivity (Wildman–Crippen MR) is 67.7 cm³/mol. The fourth-order valence-corrected chi connectivity index (χ4v) is 2.00. The van der Waals surface area contributed by atoms with Crippen molar-refractivity contribution >= 4 is 34.8 Å². The average molecular weight is 307 g/mol. The van der Waals surface area contributed by atoms with E-state index < -0.39 is 28.9 Å². The molecule has 8 heteroatoms. The number of hydrogen-bond acceptors (Lipinski definition) is 2. The fraction of sp³-hybridized carbons (Fsp3) is 0.333. The second kappa shape index (κ2) is 4.97. The number of benzene rings is 1. The number of alkyl halides is 4. The third kappa shape index (κ3) is 2.72. The van der Waals surface area contributed by atoms with Gasteiger partial charge in [0.2, 0.25) is 11.8 Å². The van der Waals surface area contributed by atoms with Crippen molar-refractivity contribution in [3.05, 3.63) is 23.8 Å². The summed E-state index contributed by atoms with van der Waals surface area (Å²) in [6.45, 7) is 1.16. The topological polar surface area (TPSA) is 49.4 Å². The van der Waals surface area contributed by atoms with Gasteiger partial charge in [-0.15, -0.1) is 11.6 Å². The second-order valence-corrected chi connectivity index (χ2v) is 4.97. The van der Waals surface area contributed by atoms with Gasteiger partial charge in [-0.05, 0) is 25.1 Å². The third-order valence-electron chi connectivity index (χ3n) is 2.80. The Labute approximate surface area is 117 Å². The molecule has 1 heterocycles. The van der Waals surface area contributed by atoms with Crippen molar-refractivity contribution in [2.24, 2.45) is 0 Å². The number of rotatable bonds is 1. The number of carbonyl (C=O) groups is 2. The first kappa shape index (κ1) is 14.6. The van der Waals surface area contributed by atoms with Crippen LogP contribution in [0.15, 0.2) is 18.2 Å². The molecule has 0 saturated carbocycles. The molecule has 0 unspecified atom stereocenters. The average Bonchev–Trinajstić information content (AvgIpc) is 2.34. The van der Waals surface area contributed by atoms with Crippen LogP contribution >= 0.6 is 11.6 Å². The number of fused-ring (bicyclic) bond motifs is 1. The minimum Gasteiger partial charge on any atom is -0.323 e. The zero-order valence-electron chi connectivity index (χ0n) is 10.3. The third-order valence-corrected chi connectivity index (χ3v) is 2.98. The van der Waals surface area contributed by atoms with Gasteiger partial charge in [-0.3, -0.25) is 14.5 Å². The van der Waals surface area contributed by atoms with Crippen molar-refractivity contribution in [3.63, 3.8) is 0 Å². The highest BCUT2D eigenvalue weighted by Gasteiger charge is 2.34. The van der Waals surface area contributed by atoms with Gasteiger partial charge in [0.1, 0.15) is 11.9 Å². The Morgan fingerprint density at radius 3 is 2.65 bits per heavy atom. The molecule has 0 radical (unpaired) electrons. The number of anilines is 2. The molecule has 4 nitrogen and oxygen atoms in total. The Morgan fingerprint density at radius 2 is 2.10 bits per heavy atom. The van der Waals surface area contributed by atoms with Crippen LogP contribution in [0.3, 0.4) is 0 Å². The van der Waals surface area contributed by atoms with Gasteiger partial charge in [0, 0.05) is 0 Å². The van der Waals surface area contributed by atoms with Crippen LogP contribution in [0, 0.1) is 0 Å². The molecule has 1 aliphatic heterocycles. The number of nitrogens with zero attached hydrogens (tertiary/aromatic N) is 1. The summed E-state index contributed by atoms with van der Waals surface area (Å²) in [6, 6.07) is 2.80.